The van der Waals surface area contributed by atoms with Crippen molar-refractivity contribution in [1.82, 2.24) is 5.32 Å². The monoisotopic (exact) mass is 293 g/mol. The molecule has 0 heterocycles. The van der Waals surface area contributed by atoms with Gasteiger partial charge in [-0.25, -0.2) is 0 Å². The van der Waals surface area contributed by atoms with Crippen LogP contribution >= 0.6 is 23.2 Å². The third-order valence-electron chi connectivity index (χ3n) is 3.18. The predicted octanol–water partition coefficient (Wildman–Crippen LogP) is 5.23. The van der Waals surface area contributed by atoms with Gasteiger partial charge in [-0.15, -0.1) is 0 Å². The number of hydrogen-bond donors (Lipinski definition) is 1. The van der Waals surface area contributed by atoms with E-state index >= 15 is 0 Å². The quantitative estimate of drug-likeness (QED) is 0.795. The predicted molar refractivity (Wildman–Crippen MR) is 82.8 cm³/mol. The molecule has 0 aromatic heterocycles. The molecular weight excluding hydrogens is 277 g/mol. The van der Waals surface area contributed by atoms with Gasteiger partial charge in [-0.3, -0.25) is 0 Å². The second-order valence-corrected chi connectivity index (χ2v) is 5.33. The summed E-state index contributed by atoms with van der Waals surface area (Å²) in [6.07, 6.45) is 1.02. The normalized spacial score (nSPS) is 12.4. The summed E-state index contributed by atoms with van der Waals surface area (Å²) in [6, 6.07) is 16.2. The van der Waals surface area contributed by atoms with Crippen molar-refractivity contribution in [3.8, 4) is 0 Å². The highest BCUT2D eigenvalue weighted by Gasteiger charge is 2.09. The summed E-state index contributed by atoms with van der Waals surface area (Å²) in [7, 11) is 0. The van der Waals surface area contributed by atoms with Crippen molar-refractivity contribution in [3.05, 3.63) is 69.7 Å². The lowest BCUT2D eigenvalue weighted by Gasteiger charge is -2.18. The summed E-state index contributed by atoms with van der Waals surface area (Å²) in [5.74, 6) is 0. The van der Waals surface area contributed by atoms with Crippen molar-refractivity contribution in [1.29, 1.82) is 0 Å². The molecule has 1 atom stereocenters. The van der Waals surface area contributed by atoms with E-state index in [4.69, 9.17) is 23.2 Å². The van der Waals surface area contributed by atoms with Gasteiger partial charge >= 0.3 is 0 Å². The second-order valence-electron chi connectivity index (χ2n) is 4.48. The Balaban J connectivity index is 2.04. The zero-order chi connectivity index (χ0) is 13.7. The molecule has 1 unspecified atom stereocenters. The third kappa shape index (κ3) is 3.97. The fraction of sp³-hybridized carbons (Fsp3) is 0.250. The number of benzene rings is 2. The lowest BCUT2D eigenvalue weighted by atomic mass is 10.0. The van der Waals surface area contributed by atoms with Crippen molar-refractivity contribution in [2.45, 2.75) is 25.9 Å². The number of hydrogen-bond acceptors (Lipinski definition) is 1. The lowest BCUT2D eigenvalue weighted by molar-refractivity contribution is 0.519. The summed E-state index contributed by atoms with van der Waals surface area (Å²) in [5, 5.41) is 5.11. The maximum absolute atomic E-state index is 6.16. The molecule has 19 heavy (non-hydrogen) atoms. The molecule has 0 aliphatic carbocycles. The zero-order valence-electron chi connectivity index (χ0n) is 10.9. The van der Waals surface area contributed by atoms with Crippen LogP contribution in [0.4, 0.5) is 0 Å². The highest BCUT2D eigenvalue weighted by molar-refractivity contribution is 6.31. The first-order valence-electron chi connectivity index (χ1n) is 6.43. The Morgan fingerprint density at radius 3 is 2.32 bits per heavy atom. The summed E-state index contributed by atoms with van der Waals surface area (Å²) in [5.41, 5.74) is 2.37. The molecule has 2 rings (SSSR count). The van der Waals surface area contributed by atoms with Gasteiger partial charge in [0.1, 0.15) is 0 Å². The molecule has 1 N–H and O–H groups in total. The highest BCUT2D eigenvalue weighted by Crippen LogP contribution is 2.21. The Kier molecular flexibility index (Phi) is 5.26. The third-order valence-corrected chi connectivity index (χ3v) is 3.80. The van der Waals surface area contributed by atoms with E-state index in [9.17, 15) is 0 Å². The van der Waals surface area contributed by atoms with E-state index in [1.165, 1.54) is 5.56 Å². The summed E-state index contributed by atoms with van der Waals surface area (Å²) >= 11 is 12.1. The molecule has 0 saturated carbocycles. The zero-order valence-corrected chi connectivity index (χ0v) is 12.4. The van der Waals surface area contributed by atoms with Crippen LogP contribution in [0.15, 0.2) is 48.5 Å². The molecule has 1 nitrogen and oxygen atoms in total. The van der Waals surface area contributed by atoms with Gasteiger partial charge in [-0.1, -0.05) is 60.5 Å². The Morgan fingerprint density at radius 2 is 1.68 bits per heavy atom. The molecule has 0 aliphatic heterocycles. The number of halogens is 2. The first-order chi connectivity index (χ1) is 9.20. The molecule has 0 saturated heterocycles. The molecule has 0 amide bonds. The van der Waals surface area contributed by atoms with Crippen LogP contribution in [0, 0.1) is 0 Å². The van der Waals surface area contributed by atoms with E-state index in [1.54, 1.807) is 0 Å². The van der Waals surface area contributed by atoms with Crippen molar-refractivity contribution in [3.63, 3.8) is 0 Å². The minimum atomic E-state index is 0.313. The van der Waals surface area contributed by atoms with Crippen LogP contribution in [-0.4, -0.2) is 0 Å². The van der Waals surface area contributed by atoms with Gasteiger partial charge in [0.15, 0.2) is 0 Å². The Hall–Kier alpha value is -1.02. The maximum Gasteiger partial charge on any atom is 0.0450 e. The van der Waals surface area contributed by atoms with Crippen molar-refractivity contribution in [2.75, 3.05) is 0 Å². The van der Waals surface area contributed by atoms with Crippen LogP contribution < -0.4 is 5.32 Å². The molecule has 0 bridgehead atoms. The van der Waals surface area contributed by atoms with Crippen LogP contribution in [0.3, 0.4) is 0 Å². The Morgan fingerprint density at radius 1 is 1.00 bits per heavy atom. The van der Waals surface area contributed by atoms with Crippen molar-refractivity contribution < 1.29 is 0 Å². The summed E-state index contributed by atoms with van der Waals surface area (Å²) < 4.78 is 0. The van der Waals surface area contributed by atoms with E-state index in [0.29, 0.717) is 6.04 Å². The van der Waals surface area contributed by atoms with E-state index in [2.05, 4.69) is 24.4 Å². The minimum absolute atomic E-state index is 0.313. The average molecular weight is 294 g/mol. The van der Waals surface area contributed by atoms with Crippen LogP contribution in [-0.2, 0) is 6.54 Å². The van der Waals surface area contributed by atoms with Crippen LogP contribution in [0.5, 0.6) is 0 Å². The first kappa shape index (κ1) is 14.4. The van der Waals surface area contributed by atoms with Crippen LogP contribution in [0.2, 0.25) is 10.0 Å². The largest absolute Gasteiger partial charge is 0.306 e. The molecule has 0 aliphatic rings. The fourth-order valence-electron chi connectivity index (χ4n) is 2.07. The smallest absolute Gasteiger partial charge is 0.0450 e. The molecule has 0 radical (unpaired) electrons. The summed E-state index contributed by atoms with van der Waals surface area (Å²) in [4.78, 5) is 0. The Labute approximate surface area is 124 Å². The van der Waals surface area contributed by atoms with Crippen LogP contribution in [0.25, 0.3) is 0 Å². The van der Waals surface area contributed by atoms with Gasteiger partial charge in [0.05, 0.1) is 0 Å². The molecule has 3 heteroatoms. The maximum atomic E-state index is 6.16. The molecule has 2 aromatic rings. The minimum Gasteiger partial charge on any atom is -0.306 e. The van der Waals surface area contributed by atoms with E-state index in [1.807, 2.05) is 36.4 Å². The van der Waals surface area contributed by atoms with E-state index < -0.39 is 0 Å². The molecule has 2 aromatic carbocycles. The topological polar surface area (TPSA) is 12.0 Å². The van der Waals surface area contributed by atoms with E-state index in [-0.39, 0.29) is 0 Å². The standard InChI is InChI=1S/C16H17Cl2N/c1-2-16(12-7-9-14(17)10-8-12)19-11-13-5-3-4-6-15(13)18/h3-10,16,19H,2,11H2,1H3. The second kappa shape index (κ2) is 6.95. The Bertz CT molecular complexity index is 523. The average Bonchev–Trinajstić information content (AvgIpc) is 2.43. The first-order valence-corrected chi connectivity index (χ1v) is 7.18. The summed E-state index contributed by atoms with van der Waals surface area (Å²) in [6.45, 7) is 2.93. The van der Waals surface area contributed by atoms with Gasteiger partial charge in [-0.05, 0) is 35.7 Å². The number of rotatable bonds is 5. The molecular formula is C16H17Cl2N. The molecule has 0 spiro atoms. The molecule has 100 valence electrons. The van der Waals surface area contributed by atoms with Gasteiger partial charge in [-0.2, -0.15) is 0 Å². The van der Waals surface area contributed by atoms with E-state index in [0.717, 1.165) is 28.6 Å². The van der Waals surface area contributed by atoms with Gasteiger partial charge in [0.2, 0.25) is 0 Å². The van der Waals surface area contributed by atoms with Gasteiger partial charge < -0.3 is 5.32 Å². The van der Waals surface area contributed by atoms with Crippen LogP contribution in [0.1, 0.15) is 30.5 Å². The highest BCUT2D eigenvalue weighted by atomic mass is 35.5. The number of nitrogens with one attached hydrogen (secondary N) is 1. The van der Waals surface area contributed by atoms with Gasteiger partial charge in [0, 0.05) is 22.6 Å². The fourth-order valence-corrected chi connectivity index (χ4v) is 2.40. The van der Waals surface area contributed by atoms with Crippen molar-refractivity contribution in [2.24, 2.45) is 0 Å². The SMILES string of the molecule is CCC(NCc1ccccc1Cl)c1ccc(Cl)cc1. The molecule has 0 fully saturated rings. The van der Waals surface area contributed by atoms with Crippen molar-refractivity contribution >= 4 is 23.2 Å². The van der Waals surface area contributed by atoms with Gasteiger partial charge in [0.25, 0.3) is 0 Å². The lowest BCUT2D eigenvalue weighted by Crippen LogP contribution is -2.20.